The van der Waals surface area contributed by atoms with Crippen molar-refractivity contribution in [2.45, 2.75) is 82.1 Å². The van der Waals surface area contributed by atoms with Crippen molar-refractivity contribution in [1.82, 2.24) is 0 Å². The molecule has 0 amide bonds. The largest absolute Gasteiger partial charge is 0.394 e. The summed E-state index contributed by atoms with van der Waals surface area (Å²) < 4.78 is 11.2. The molecule has 0 saturated heterocycles. The Kier molecular flexibility index (Phi) is 16.7. The van der Waals surface area contributed by atoms with Gasteiger partial charge in [-0.3, -0.25) is 0 Å². The van der Waals surface area contributed by atoms with E-state index >= 15 is 0 Å². The zero-order valence-electron chi connectivity index (χ0n) is 14.2. The van der Waals surface area contributed by atoms with Gasteiger partial charge < -0.3 is 14.6 Å². The first-order chi connectivity index (χ1) is 10.6. The van der Waals surface area contributed by atoms with Crippen LogP contribution in [0.3, 0.4) is 0 Å². The van der Waals surface area contributed by atoms with Crippen LogP contribution in [0.15, 0.2) is 0 Å². The fourth-order valence-electron chi connectivity index (χ4n) is 2.25. The summed E-state index contributed by atoms with van der Waals surface area (Å²) >= 11 is 12.3. The van der Waals surface area contributed by atoms with E-state index < -0.39 is 0 Å². The minimum absolute atomic E-state index is 0.00672. The van der Waals surface area contributed by atoms with E-state index in [4.69, 9.17) is 32.7 Å². The lowest BCUT2D eigenvalue weighted by molar-refractivity contribution is -0.0437. The molecule has 0 aliphatic heterocycles. The molecule has 3 nitrogen and oxygen atoms in total. The lowest BCUT2D eigenvalue weighted by Crippen LogP contribution is -2.25. The zero-order valence-corrected chi connectivity index (χ0v) is 15.7. The van der Waals surface area contributed by atoms with Crippen molar-refractivity contribution in [3.63, 3.8) is 0 Å². The van der Waals surface area contributed by atoms with Gasteiger partial charge in [0.25, 0.3) is 0 Å². The second-order valence-corrected chi connectivity index (χ2v) is 7.04. The number of aliphatic hydroxyl groups is 1. The molecular weight excluding hydrogens is 323 g/mol. The summed E-state index contributed by atoms with van der Waals surface area (Å²) in [5.74, 6) is 0. The fraction of sp³-hybridized carbons (Fsp3) is 1.00. The highest BCUT2D eigenvalue weighted by atomic mass is 35.5. The Morgan fingerprint density at radius 1 is 0.864 bits per heavy atom. The topological polar surface area (TPSA) is 38.7 Å². The monoisotopic (exact) mass is 356 g/mol. The van der Waals surface area contributed by atoms with Crippen LogP contribution < -0.4 is 0 Å². The summed E-state index contributed by atoms with van der Waals surface area (Å²) in [5.41, 5.74) is 0. The average molecular weight is 357 g/mol. The Morgan fingerprint density at radius 3 is 1.91 bits per heavy atom. The Balaban J connectivity index is 3.50. The number of hydrogen-bond acceptors (Lipinski definition) is 3. The molecule has 0 aliphatic carbocycles. The van der Waals surface area contributed by atoms with E-state index in [0.29, 0.717) is 19.8 Å². The van der Waals surface area contributed by atoms with Gasteiger partial charge >= 0.3 is 0 Å². The van der Waals surface area contributed by atoms with Gasteiger partial charge in [-0.15, -0.1) is 23.2 Å². The number of halogens is 2. The van der Waals surface area contributed by atoms with Crippen LogP contribution in [0.1, 0.15) is 65.2 Å². The highest BCUT2D eigenvalue weighted by molar-refractivity contribution is 6.20. The maximum atomic E-state index is 9.28. The van der Waals surface area contributed by atoms with Crippen LogP contribution in [0.25, 0.3) is 0 Å². The minimum Gasteiger partial charge on any atom is -0.394 e. The molecule has 0 radical (unpaired) electrons. The zero-order chi connectivity index (χ0) is 16.6. The van der Waals surface area contributed by atoms with Gasteiger partial charge in [0.2, 0.25) is 0 Å². The molecule has 5 heteroatoms. The van der Waals surface area contributed by atoms with Crippen molar-refractivity contribution < 1.29 is 14.6 Å². The van der Waals surface area contributed by atoms with Crippen molar-refractivity contribution in [1.29, 1.82) is 0 Å². The van der Waals surface area contributed by atoms with Crippen LogP contribution in [0.4, 0.5) is 0 Å². The van der Waals surface area contributed by atoms with Crippen LogP contribution >= 0.6 is 23.2 Å². The smallest absolute Gasteiger partial charge is 0.104 e. The molecule has 0 heterocycles. The van der Waals surface area contributed by atoms with Gasteiger partial charge in [0.15, 0.2) is 0 Å². The van der Waals surface area contributed by atoms with Crippen LogP contribution in [0, 0.1) is 0 Å². The first-order valence-corrected chi connectivity index (χ1v) is 9.59. The molecule has 0 aromatic heterocycles. The normalized spacial score (nSPS) is 15.7. The number of ether oxygens (including phenoxy) is 2. The SMILES string of the molecule is CCCC(Cl)CCCOCC(CO)OCCCC(Cl)CCC. The summed E-state index contributed by atoms with van der Waals surface area (Å²) in [6.07, 6.45) is 7.93. The molecule has 1 N–H and O–H groups in total. The number of rotatable bonds is 16. The third-order valence-corrected chi connectivity index (χ3v) is 4.41. The number of alkyl halides is 2. The van der Waals surface area contributed by atoms with E-state index in [1.165, 1.54) is 0 Å². The predicted octanol–water partition coefficient (Wildman–Crippen LogP) is 4.76. The maximum absolute atomic E-state index is 9.28. The van der Waals surface area contributed by atoms with Gasteiger partial charge in [0.05, 0.1) is 13.2 Å². The number of hydrogen-bond donors (Lipinski definition) is 1. The third kappa shape index (κ3) is 14.1. The van der Waals surface area contributed by atoms with Gasteiger partial charge in [-0.1, -0.05) is 26.7 Å². The fourth-order valence-corrected chi connectivity index (χ4v) is 2.99. The minimum atomic E-state index is -0.234. The van der Waals surface area contributed by atoms with Crippen molar-refractivity contribution >= 4 is 23.2 Å². The molecule has 0 fully saturated rings. The molecule has 0 bridgehead atoms. The van der Waals surface area contributed by atoms with Gasteiger partial charge in [-0.05, 0) is 38.5 Å². The first kappa shape index (κ1) is 22.5. The lowest BCUT2D eigenvalue weighted by atomic mass is 10.1. The molecule has 0 spiro atoms. The van der Waals surface area contributed by atoms with Gasteiger partial charge in [0, 0.05) is 24.0 Å². The quantitative estimate of drug-likeness (QED) is 0.320. The number of aliphatic hydroxyl groups excluding tert-OH is 1. The highest BCUT2D eigenvalue weighted by Crippen LogP contribution is 2.13. The average Bonchev–Trinajstić information content (AvgIpc) is 2.49. The molecule has 0 aliphatic rings. The summed E-state index contributed by atoms with van der Waals surface area (Å²) in [6.45, 7) is 6.02. The van der Waals surface area contributed by atoms with Crippen LogP contribution in [-0.2, 0) is 9.47 Å². The van der Waals surface area contributed by atoms with Gasteiger partial charge in [0.1, 0.15) is 6.10 Å². The van der Waals surface area contributed by atoms with E-state index in [2.05, 4.69) is 13.8 Å². The molecule has 0 aromatic carbocycles. The standard InChI is InChI=1S/C17H34Cl2O3/c1-3-7-15(18)9-5-11-21-14-17(13-20)22-12-6-10-16(19)8-4-2/h15-17,20H,3-14H2,1-2H3. The first-order valence-electron chi connectivity index (χ1n) is 8.72. The van der Waals surface area contributed by atoms with Crippen LogP contribution in [0.5, 0.6) is 0 Å². The summed E-state index contributed by atoms with van der Waals surface area (Å²) in [5, 5.41) is 9.78. The Hall–Kier alpha value is 0.460. The Bertz CT molecular complexity index is 230. The molecule has 0 aromatic rings. The molecular formula is C17H34Cl2O3. The van der Waals surface area contributed by atoms with E-state index in [-0.39, 0.29) is 23.5 Å². The van der Waals surface area contributed by atoms with Crippen molar-refractivity contribution in [2.24, 2.45) is 0 Å². The molecule has 134 valence electrons. The van der Waals surface area contributed by atoms with Crippen molar-refractivity contribution in [3.8, 4) is 0 Å². The molecule has 22 heavy (non-hydrogen) atoms. The van der Waals surface area contributed by atoms with E-state index in [1.807, 2.05) is 0 Å². The summed E-state index contributed by atoms with van der Waals surface area (Å²) in [6, 6.07) is 0. The van der Waals surface area contributed by atoms with Crippen molar-refractivity contribution in [3.05, 3.63) is 0 Å². The lowest BCUT2D eigenvalue weighted by Gasteiger charge is -2.16. The van der Waals surface area contributed by atoms with Gasteiger partial charge in [-0.2, -0.15) is 0 Å². The summed E-state index contributed by atoms with van der Waals surface area (Å²) in [7, 11) is 0. The van der Waals surface area contributed by atoms with Crippen molar-refractivity contribution in [2.75, 3.05) is 26.4 Å². The highest BCUT2D eigenvalue weighted by Gasteiger charge is 2.09. The second kappa shape index (κ2) is 16.3. The second-order valence-electron chi connectivity index (χ2n) is 5.81. The molecule has 3 atom stereocenters. The Labute approximate surface area is 146 Å². The van der Waals surface area contributed by atoms with E-state index in [9.17, 15) is 5.11 Å². The Morgan fingerprint density at radius 2 is 1.41 bits per heavy atom. The predicted molar refractivity (Wildman–Crippen MR) is 95.2 cm³/mol. The third-order valence-electron chi connectivity index (χ3n) is 3.53. The molecule has 3 unspecified atom stereocenters. The maximum Gasteiger partial charge on any atom is 0.104 e. The molecule has 0 rings (SSSR count). The van der Waals surface area contributed by atoms with Gasteiger partial charge in [-0.25, -0.2) is 0 Å². The molecule has 0 saturated carbocycles. The van der Waals surface area contributed by atoms with Crippen LogP contribution in [-0.4, -0.2) is 48.4 Å². The van der Waals surface area contributed by atoms with Crippen LogP contribution in [0.2, 0.25) is 0 Å². The van der Waals surface area contributed by atoms with E-state index in [0.717, 1.165) is 51.4 Å². The van der Waals surface area contributed by atoms with E-state index in [1.54, 1.807) is 0 Å². The summed E-state index contributed by atoms with van der Waals surface area (Å²) in [4.78, 5) is 0.